The summed E-state index contributed by atoms with van der Waals surface area (Å²) < 4.78 is 4.96. The van der Waals surface area contributed by atoms with E-state index in [0.717, 1.165) is 17.1 Å². The fraction of sp³-hybridized carbons (Fsp3) is 0. The standard InChI is InChI=1S/C54H34N2S/c1-2-14-42-40(12-1)41-13-3-4-15-43(41)49-34-39(32-33-44(42)49)55(52-22-11-19-48-47-18-7-10-23-53(47)57-54(48)52)37-28-24-35(25-29-37)36-26-30-38(31-27-36)56-50-20-8-5-16-45(50)46-17-6-9-21-51(46)56/h1-34H. The maximum Gasteiger partial charge on any atom is 0.0640 e. The lowest BCUT2D eigenvalue weighted by Gasteiger charge is -2.27. The molecule has 57 heavy (non-hydrogen) atoms. The minimum Gasteiger partial charge on any atom is -0.309 e. The largest absolute Gasteiger partial charge is 0.309 e. The third-order valence-corrected chi connectivity index (χ3v) is 13.0. The molecule has 3 heteroatoms. The van der Waals surface area contributed by atoms with E-state index in [1.807, 2.05) is 11.3 Å². The van der Waals surface area contributed by atoms with Crippen molar-refractivity contribution < 1.29 is 0 Å². The Morgan fingerprint density at radius 3 is 1.44 bits per heavy atom. The van der Waals surface area contributed by atoms with Crippen LogP contribution in [0.4, 0.5) is 17.1 Å². The molecule has 0 spiro atoms. The lowest BCUT2D eigenvalue weighted by molar-refractivity contribution is 1.18. The Balaban J connectivity index is 1.00. The Hall–Kier alpha value is -7.20. The highest BCUT2D eigenvalue weighted by Gasteiger charge is 2.20. The van der Waals surface area contributed by atoms with Crippen LogP contribution in [0, 0.1) is 0 Å². The molecule has 0 atom stereocenters. The van der Waals surface area contributed by atoms with Gasteiger partial charge in [-0.25, -0.2) is 0 Å². The fourth-order valence-electron chi connectivity index (χ4n) is 9.18. The monoisotopic (exact) mass is 742 g/mol. The van der Waals surface area contributed by atoms with Gasteiger partial charge in [-0.05, 0) is 104 Å². The Morgan fingerprint density at radius 1 is 0.333 bits per heavy atom. The second kappa shape index (κ2) is 12.7. The number of hydrogen-bond acceptors (Lipinski definition) is 2. The quantitative estimate of drug-likeness (QED) is 0.159. The second-order valence-corrected chi connectivity index (χ2v) is 15.9. The van der Waals surface area contributed by atoms with Crippen LogP contribution in [0.1, 0.15) is 0 Å². The van der Waals surface area contributed by atoms with Crippen LogP contribution >= 0.6 is 11.3 Å². The van der Waals surface area contributed by atoms with Crippen LogP contribution < -0.4 is 4.90 Å². The zero-order chi connectivity index (χ0) is 37.5. The summed E-state index contributed by atoms with van der Waals surface area (Å²) in [6, 6.07) is 75.7. The van der Waals surface area contributed by atoms with Gasteiger partial charge >= 0.3 is 0 Å². The van der Waals surface area contributed by atoms with Gasteiger partial charge in [-0.3, -0.25) is 0 Å². The Labute approximate surface area is 333 Å². The maximum atomic E-state index is 2.45. The minimum atomic E-state index is 1.12. The first-order valence-electron chi connectivity index (χ1n) is 19.5. The van der Waals surface area contributed by atoms with Crippen LogP contribution in [0.5, 0.6) is 0 Å². The number of fused-ring (bicyclic) bond motifs is 12. The van der Waals surface area contributed by atoms with E-state index >= 15 is 0 Å². The van der Waals surface area contributed by atoms with E-state index < -0.39 is 0 Å². The Bertz CT molecular complexity index is 3430. The number of anilines is 3. The summed E-state index contributed by atoms with van der Waals surface area (Å²) in [5.41, 5.74) is 9.41. The van der Waals surface area contributed by atoms with Gasteiger partial charge in [0.05, 0.1) is 21.4 Å². The highest BCUT2D eigenvalue weighted by molar-refractivity contribution is 7.26. The molecule has 12 aromatic rings. The van der Waals surface area contributed by atoms with Gasteiger partial charge < -0.3 is 9.47 Å². The van der Waals surface area contributed by atoms with Crippen LogP contribution in [0.25, 0.3) is 91.1 Å². The first-order chi connectivity index (χ1) is 28.3. The zero-order valence-corrected chi connectivity index (χ0v) is 31.7. The average molecular weight is 743 g/mol. The molecular formula is C54H34N2S. The van der Waals surface area contributed by atoms with Crippen LogP contribution in [0.15, 0.2) is 206 Å². The van der Waals surface area contributed by atoms with Crippen molar-refractivity contribution in [2.24, 2.45) is 0 Å². The smallest absolute Gasteiger partial charge is 0.0640 e. The van der Waals surface area contributed by atoms with Gasteiger partial charge in [-0.1, -0.05) is 146 Å². The first kappa shape index (κ1) is 32.1. The molecule has 12 rings (SSSR count). The number of hydrogen-bond donors (Lipinski definition) is 0. The molecule has 2 nitrogen and oxygen atoms in total. The lowest BCUT2D eigenvalue weighted by atomic mass is 9.94. The number of para-hydroxylation sites is 2. The molecule has 2 heterocycles. The van der Waals surface area contributed by atoms with Crippen LogP contribution in [-0.2, 0) is 0 Å². The van der Waals surface area contributed by atoms with Crippen LogP contribution in [-0.4, -0.2) is 4.57 Å². The summed E-state index contributed by atoms with van der Waals surface area (Å²) in [7, 11) is 0. The van der Waals surface area contributed by atoms with E-state index in [1.54, 1.807) is 0 Å². The number of nitrogens with zero attached hydrogens (tertiary/aromatic N) is 2. The van der Waals surface area contributed by atoms with E-state index in [-0.39, 0.29) is 0 Å². The third kappa shape index (κ3) is 4.96. The molecule has 0 aliphatic heterocycles. The topological polar surface area (TPSA) is 8.17 Å². The van der Waals surface area contributed by atoms with Crippen LogP contribution in [0.3, 0.4) is 0 Å². The molecule has 0 saturated carbocycles. The summed E-state index contributed by atoms with van der Waals surface area (Å²) >= 11 is 1.87. The van der Waals surface area contributed by atoms with E-state index in [1.165, 1.54) is 91.1 Å². The molecule has 0 bridgehead atoms. The van der Waals surface area contributed by atoms with Crippen molar-refractivity contribution in [3.63, 3.8) is 0 Å². The predicted octanol–water partition coefficient (Wildman–Crippen LogP) is 15.7. The number of rotatable bonds is 5. The van der Waals surface area contributed by atoms with Crippen molar-refractivity contribution in [2.45, 2.75) is 0 Å². The minimum absolute atomic E-state index is 1.12. The van der Waals surface area contributed by atoms with Gasteiger partial charge in [-0.2, -0.15) is 0 Å². The maximum absolute atomic E-state index is 2.45. The van der Waals surface area contributed by atoms with Gasteiger partial charge in [0.2, 0.25) is 0 Å². The summed E-state index contributed by atoms with van der Waals surface area (Å²) in [4.78, 5) is 2.45. The van der Waals surface area contributed by atoms with Gasteiger partial charge in [-0.15, -0.1) is 11.3 Å². The van der Waals surface area contributed by atoms with Crippen molar-refractivity contribution in [2.75, 3.05) is 4.90 Å². The van der Waals surface area contributed by atoms with Gasteiger partial charge in [0.15, 0.2) is 0 Å². The van der Waals surface area contributed by atoms with E-state index in [2.05, 4.69) is 216 Å². The molecule has 0 amide bonds. The van der Waals surface area contributed by atoms with E-state index in [4.69, 9.17) is 0 Å². The average Bonchev–Trinajstić information content (AvgIpc) is 3.84. The van der Waals surface area contributed by atoms with Crippen molar-refractivity contribution in [3.05, 3.63) is 206 Å². The predicted molar refractivity (Wildman–Crippen MR) is 246 cm³/mol. The molecular weight excluding hydrogens is 709 g/mol. The van der Waals surface area contributed by atoms with Crippen molar-refractivity contribution >= 4 is 103 Å². The van der Waals surface area contributed by atoms with E-state index in [9.17, 15) is 0 Å². The number of aromatic nitrogens is 1. The van der Waals surface area contributed by atoms with Gasteiger partial charge in [0, 0.05) is 43.3 Å². The number of thiophene rings is 1. The van der Waals surface area contributed by atoms with Crippen molar-refractivity contribution in [3.8, 4) is 16.8 Å². The highest BCUT2D eigenvalue weighted by Crippen LogP contribution is 2.46. The molecule has 0 aliphatic rings. The van der Waals surface area contributed by atoms with Gasteiger partial charge in [0.1, 0.15) is 0 Å². The zero-order valence-electron chi connectivity index (χ0n) is 30.9. The molecule has 10 aromatic carbocycles. The number of benzene rings is 10. The second-order valence-electron chi connectivity index (χ2n) is 14.9. The molecule has 0 unspecified atom stereocenters. The fourth-order valence-corrected chi connectivity index (χ4v) is 10.4. The molecule has 0 radical (unpaired) electrons. The summed E-state index contributed by atoms with van der Waals surface area (Å²) in [5.74, 6) is 0. The molecule has 0 aliphatic carbocycles. The highest BCUT2D eigenvalue weighted by atomic mass is 32.1. The first-order valence-corrected chi connectivity index (χ1v) is 20.3. The van der Waals surface area contributed by atoms with Crippen LogP contribution in [0.2, 0.25) is 0 Å². The normalized spacial score (nSPS) is 11.9. The van der Waals surface area contributed by atoms with Gasteiger partial charge in [0.25, 0.3) is 0 Å². The van der Waals surface area contributed by atoms with Crippen molar-refractivity contribution in [1.29, 1.82) is 0 Å². The molecule has 2 aromatic heterocycles. The third-order valence-electron chi connectivity index (χ3n) is 11.8. The molecule has 266 valence electrons. The molecule has 0 N–H and O–H groups in total. The van der Waals surface area contributed by atoms with E-state index in [0.29, 0.717) is 0 Å². The lowest BCUT2D eigenvalue weighted by Crippen LogP contribution is -2.10. The molecule has 0 saturated heterocycles. The SMILES string of the molecule is c1ccc2c(c1)sc1c(N(c3ccc(-c4ccc(-n5c6ccccc6c6ccccc65)cc4)cc3)c3ccc4c5ccccc5c5ccccc5c4c3)cccc12. The summed E-state index contributed by atoms with van der Waals surface area (Å²) in [6.07, 6.45) is 0. The molecule has 0 fully saturated rings. The Morgan fingerprint density at radius 2 is 0.807 bits per heavy atom. The summed E-state index contributed by atoms with van der Waals surface area (Å²) in [5, 5.41) is 12.8. The van der Waals surface area contributed by atoms with Crippen molar-refractivity contribution in [1.82, 2.24) is 4.57 Å². The summed E-state index contributed by atoms with van der Waals surface area (Å²) in [6.45, 7) is 0. The Kier molecular flexibility index (Phi) is 7.13.